The minimum Gasteiger partial charge on any atom is -0.314 e. The first-order chi connectivity index (χ1) is 9.61. The van der Waals surface area contributed by atoms with Gasteiger partial charge in [0.05, 0.1) is 16.4 Å². The van der Waals surface area contributed by atoms with Gasteiger partial charge in [-0.05, 0) is 32.2 Å². The third-order valence-corrected chi connectivity index (χ3v) is 5.08. The van der Waals surface area contributed by atoms with Crippen molar-refractivity contribution in [2.75, 3.05) is 6.54 Å². The standard InChI is InChI=1S/C16H28ClN3/c1-4-18-14(10-9-13-7-5-6-8-13)11-15-16(17)12(2)19-20(15)3/h13-14,18H,4-11H2,1-3H3. The van der Waals surface area contributed by atoms with Crippen LogP contribution >= 0.6 is 11.6 Å². The zero-order chi connectivity index (χ0) is 14.5. The van der Waals surface area contributed by atoms with Crippen molar-refractivity contribution in [1.29, 1.82) is 0 Å². The van der Waals surface area contributed by atoms with E-state index in [9.17, 15) is 0 Å². The van der Waals surface area contributed by atoms with Crippen LogP contribution in [0.2, 0.25) is 5.02 Å². The summed E-state index contributed by atoms with van der Waals surface area (Å²) in [6.45, 7) is 5.18. The van der Waals surface area contributed by atoms with Crippen LogP contribution in [-0.4, -0.2) is 22.4 Å². The van der Waals surface area contributed by atoms with Gasteiger partial charge in [0.15, 0.2) is 0 Å². The number of aryl methyl sites for hydroxylation is 2. The van der Waals surface area contributed by atoms with Crippen LogP contribution in [-0.2, 0) is 13.5 Å². The Labute approximate surface area is 128 Å². The predicted octanol–water partition coefficient (Wildman–Crippen LogP) is 3.87. The fourth-order valence-electron chi connectivity index (χ4n) is 3.44. The molecule has 1 aliphatic rings. The Balaban J connectivity index is 1.93. The molecular weight excluding hydrogens is 270 g/mol. The summed E-state index contributed by atoms with van der Waals surface area (Å²) in [6, 6.07) is 0.521. The van der Waals surface area contributed by atoms with Gasteiger partial charge in [0.25, 0.3) is 0 Å². The molecule has 2 rings (SSSR count). The lowest BCUT2D eigenvalue weighted by atomic mass is 9.96. The van der Waals surface area contributed by atoms with E-state index in [-0.39, 0.29) is 0 Å². The van der Waals surface area contributed by atoms with Crippen molar-refractivity contribution in [3.63, 3.8) is 0 Å². The molecular formula is C16H28ClN3. The molecule has 1 fully saturated rings. The SMILES string of the molecule is CCNC(CCC1CCCC1)Cc1c(Cl)c(C)nn1C. The average molecular weight is 298 g/mol. The molecule has 1 N–H and O–H groups in total. The van der Waals surface area contributed by atoms with Crippen LogP contribution in [0.3, 0.4) is 0 Å². The first-order valence-electron chi connectivity index (χ1n) is 8.03. The molecule has 0 aromatic carbocycles. The maximum Gasteiger partial charge on any atom is 0.0847 e. The van der Waals surface area contributed by atoms with Crippen LogP contribution in [0.4, 0.5) is 0 Å². The van der Waals surface area contributed by atoms with Gasteiger partial charge in [-0.15, -0.1) is 0 Å². The largest absolute Gasteiger partial charge is 0.314 e. The van der Waals surface area contributed by atoms with Gasteiger partial charge < -0.3 is 5.32 Å². The molecule has 3 nitrogen and oxygen atoms in total. The molecule has 1 atom stereocenters. The summed E-state index contributed by atoms with van der Waals surface area (Å²) in [5, 5.41) is 8.88. The Morgan fingerprint density at radius 1 is 1.40 bits per heavy atom. The van der Waals surface area contributed by atoms with Crippen molar-refractivity contribution in [1.82, 2.24) is 15.1 Å². The number of halogens is 1. The van der Waals surface area contributed by atoms with E-state index < -0.39 is 0 Å². The Bertz CT molecular complexity index is 422. The number of aromatic nitrogens is 2. The van der Waals surface area contributed by atoms with Gasteiger partial charge in [0.2, 0.25) is 0 Å². The summed E-state index contributed by atoms with van der Waals surface area (Å²) >= 11 is 6.37. The topological polar surface area (TPSA) is 29.9 Å². The number of nitrogens with zero attached hydrogens (tertiary/aromatic N) is 2. The van der Waals surface area contributed by atoms with E-state index in [1.165, 1.54) is 44.2 Å². The third-order valence-electron chi connectivity index (χ3n) is 4.59. The third kappa shape index (κ3) is 3.98. The van der Waals surface area contributed by atoms with E-state index >= 15 is 0 Å². The Morgan fingerprint density at radius 3 is 2.65 bits per heavy atom. The number of nitrogens with one attached hydrogen (secondary N) is 1. The van der Waals surface area contributed by atoms with Gasteiger partial charge in [-0.3, -0.25) is 4.68 Å². The molecule has 1 unspecified atom stereocenters. The van der Waals surface area contributed by atoms with E-state index in [1.54, 1.807) is 0 Å². The lowest BCUT2D eigenvalue weighted by Gasteiger charge is -2.20. The number of hydrogen-bond donors (Lipinski definition) is 1. The zero-order valence-electron chi connectivity index (χ0n) is 13.1. The Morgan fingerprint density at radius 2 is 2.10 bits per heavy atom. The van der Waals surface area contributed by atoms with Crippen LogP contribution in [0, 0.1) is 12.8 Å². The van der Waals surface area contributed by atoms with E-state index in [2.05, 4.69) is 17.3 Å². The highest BCUT2D eigenvalue weighted by molar-refractivity contribution is 6.31. The summed E-state index contributed by atoms with van der Waals surface area (Å²) in [5.41, 5.74) is 2.11. The fraction of sp³-hybridized carbons (Fsp3) is 0.812. The number of likely N-dealkylation sites (N-methyl/N-ethyl adjacent to an activating group) is 1. The molecule has 114 valence electrons. The summed E-state index contributed by atoms with van der Waals surface area (Å²) in [5.74, 6) is 0.958. The van der Waals surface area contributed by atoms with Gasteiger partial charge >= 0.3 is 0 Å². The summed E-state index contributed by atoms with van der Waals surface area (Å²) in [7, 11) is 1.99. The molecule has 0 saturated heterocycles. The minimum absolute atomic E-state index is 0.521. The zero-order valence-corrected chi connectivity index (χ0v) is 13.8. The van der Waals surface area contributed by atoms with Gasteiger partial charge in [-0.1, -0.05) is 44.2 Å². The average Bonchev–Trinajstić information content (AvgIpc) is 3.00. The number of rotatable bonds is 7. The molecule has 1 heterocycles. The molecule has 1 aliphatic carbocycles. The molecule has 0 radical (unpaired) electrons. The smallest absolute Gasteiger partial charge is 0.0847 e. The van der Waals surface area contributed by atoms with Crippen LogP contribution in [0.15, 0.2) is 0 Å². The maximum atomic E-state index is 6.37. The quantitative estimate of drug-likeness (QED) is 0.828. The normalized spacial score (nSPS) is 17.8. The monoisotopic (exact) mass is 297 g/mol. The van der Waals surface area contributed by atoms with Gasteiger partial charge in [-0.25, -0.2) is 0 Å². The lowest BCUT2D eigenvalue weighted by molar-refractivity contribution is 0.402. The van der Waals surface area contributed by atoms with E-state index in [0.29, 0.717) is 6.04 Å². The van der Waals surface area contributed by atoms with Gasteiger partial charge in [0, 0.05) is 19.5 Å². The second kappa shape index (κ2) is 7.46. The van der Waals surface area contributed by atoms with E-state index in [1.807, 2.05) is 18.7 Å². The second-order valence-corrected chi connectivity index (χ2v) is 6.53. The van der Waals surface area contributed by atoms with Crippen LogP contribution < -0.4 is 5.32 Å². The first kappa shape index (κ1) is 15.8. The van der Waals surface area contributed by atoms with Crippen LogP contribution in [0.25, 0.3) is 0 Å². The summed E-state index contributed by atoms with van der Waals surface area (Å²) in [6.07, 6.45) is 9.32. The highest BCUT2D eigenvalue weighted by Gasteiger charge is 2.20. The molecule has 1 saturated carbocycles. The first-order valence-corrected chi connectivity index (χ1v) is 8.41. The fourth-order valence-corrected chi connectivity index (χ4v) is 3.67. The van der Waals surface area contributed by atoms with E-state index in [4.69, 9.17) is 11.6 Å². The van der Waals surface area contributed by atoms with Crippen molar-refractivity contribution in [3.05, 3.63) is 16.4 Å². The van der Waals surface area contributed by atoms with Gasteiger partial charge in [0.1, 0.15) is 0 Å². The summed E-state index contributed by atoms with van der Waals surface area (Å²) < 4.78 is 1.94. The molecule has 0 amide bonds. The van der Waals surface area contributed by atoms with Crippen molar-refractivity contribution < 1.29 is 0 Å². The highest BCUT2D eigenvalue weighted by Crippen LogP contribution is 2.29. The Kier molecular flexibility index (Phi) is 5.91. The van der Waals surface area contributed by atoms with Crippen molar-refractivity contribution in [3.8, 4) is 0 Å². The van der Waals surface area contributed by atoms with Crippen molar-refractivity contribution >= 4 is 11.6 Å². The Hall–Kier alpha value is -0.540. The predicted molar refractivity (Wildman–Crippen MR) is 85.3 cm³/mol. The number of hydrogen-bond acceptors (Lipinski definition) is 2. The van der Waals surface area contributed by atoms with Gasteiger partial charge in [-0.2, -0.15) is 5.10 Å². The molecule has 0 bridgehead atoms. The van der Waals surface area contributed by atoms with Crippen LogP contribution in [0.5, 0.6) is 0 Å². The van der Waals surface area contributed by atoms with Crippen LogP contribution in [0.1, 0.15) is 56.8 Å². The van der Waals surface area contributed by atoms with Crippen molar-refractivity contribution in [2.24, 2.45) is 13.0 Å². The second-order valence-electron chi connectivity index (χ2n) is 6.16. The summed E-state index contributed by atoms with van der Waals surface area (Å²) in [4.78, 5) is 0. The van der Waals surface area contributed by atoms with Crippen molar-refractivity contribution in [2.45, 2.75) is 64.8 Å². The molecule has 20 heavy (non-hydrogen) atoms. The molecule has 0 spiro atoms. The molecule has 1 aromatic rings. The molecule has 0 aliphatic heterocycles. The molecule has 4 heteroatoms. The lowest BCUT2D eigenvalue weighted by Crippen LogP contribution is -2.32. The highest BCUT2D eigenvalue weighted by atomic mass is 35.5. The minimum atomic E-state index is 0.521. The molecule has 1 aromatic heterocycles. The van der Waals surface area contributed by atoms with E-state index in [0.717, 1.165) is 29.6 Å². The maximum absolute atomic E-state index is 6.37.